The van der Waals surface area contributed by atoms with Gasteiger partial charge in [0.25, 0.3) is 0 Å². The lowest BCUT2D eigenvalue weighted by atomic mass is 10.2. The molecule has 2 heterocycles. The van der Waals surface area contributed by atoms with Gasteiger partial charge in [-0.25, -0.2) is 9.18 Å². The summed E-state index contributed by atoms with van der Waals surface area (Å²) in [5.41, 5.74) is 2.10. The van der Waals surface area contributed by atoms with Crippen molar-refractivity contribution in [3.05, 3.63) is 29.5 Å². The van der Waals surface area contributed by atoms with Crippen molar-refractivity contribution < 1.29 is 18.7 Å². The molecule has 1 aliphatic heterocycles. The van der Waals surface area contributed by atoms with Crippen molar-refractivity contribution in [3.63, 3.8) is 0 Å². The molecule has 1 atom stereocenters. The molecule has 1 saturated heterocycles. The number of hydrogen-bond acceptors (Lipinski definition) is 7. The highest BCUT2D eigenvalue weighted by atomic mass is 32.1. The van der Waals surface area contributed by atoms with Crippen LogP contribution < -0.4 is 10.2 Å². The van der Waals surface area contributed by atoms with E-state index < -0.39 is 18.1 Å². The molecule has 0 radical (unpaired) electrons. The number of carbonyl (C=O) groups excluding carboxylic acids is 2. The molecule has 2 aromatic rings. The Labute approximate surface area is 140 Å². The second kappa shape index (κ2) is 6.40. The number of anilines is 3. The minimum atomic E-state index is -0.697. The van der Waals surface area contributed by atoms with Crippen molar-refractivity contribution in [2.45, 2.75) is 13.2 Å². The highest BCUT2D eigenvalue weighted by Crippen LogP contribution is 2.28. The molecule has 1 N–H and O–H groups in total. The van der Waals surface area contributed by atoms with Crippen LogP contribution in [-0.4, -0.2) is 46.9 Å². The van der Waals surface area contributed by atoms with Crippen molar-refractivity contribution in [2.24, 2.45) is 0 Å². The monoisotopic (exact) mass is 351 g/mol. The Kier molecular flexibility index (Phi) is 4.30. The fraction of sp³-hybridized carbons (Fsp3) is 0.286. The van der Waals surface area contributed by atoms with Crippen molar-refractivity contribution in [3.8, 4) is 0 Å². The summed E-state index contributed by atoms with van der Waals surface area (Å²) in [5.74, 6) is -0.767. The largest absolute Gasteiger partial charge is 0.423 e. The number of benzene rings is 1. The molecule has 1 aliphatic rings. The minimum Gasteiger partial charge on any atom is -0.423 e. The molecule has 0 saturated carbocycles. The van der Waals surface area contributed by atoms with E-state index in [1.807, 2.05) is 0 Å². The third-order valence-corrected chi connectivity index (χ3v) is 4.20. The van der Waals surface area contributed by atoms with Gasteiger partial charge in [0, 0.05) is 14.0 Å². The third kappa shape index (κ3) is 3.13. The molecule has 0 aliphatic carbocycles. The Morgan fingerprint density at radius 2 is 2.33 bits per heavy atom. The zero-order valence-electron chi connectivity index (χ0n) is 12.9. The van der Waals surface area contributed by atoms with Crippen molar-refractivity contribution in [1.29, 1.82) is 0 Å². The number of cyclic esters (lactones) is 1. The van der Waals surface area contributed by atoms with Gasteiger partial charge in [-0.2, -0.15) is 0 Å². The summed E-state index contributed by atoms with van der Waals surface area (Å²) in [6.45, 7) is 1.52. The Bertz CT molecular complexity index is 770. The SMILES string of the molecule is CC(=O)N(C)[C@@H]1CN(c2ccc(Nc3nncs3)c(F)c2)C(=O)O1. The number of ether oxygens (including phenoxy) is 1. The van der Waals surface area contributed by atoms with Gasteiger partial charge in [0.15, 0.2) is 6.23 Å². The molecular formula is C14H14FN5O3S. The number of amides is 2. The maximum absolute atomic E-state index is 14.3. The number of halogens is 1. The summed E-state index contributed by atoms with van der Waals surface area (Å²) < 4.78 is 19.4. The van der Waals surface area contributed by atoms with Crippen molar-refractivity contribution in [2.75, 3.05) is 23.8 Å². The maximum atomic E-state index is 14.3. The van der Waals surface area contributed by atoms with Gasteiger partial charge in [-0.05, 0) is 18.2 Å². The molecule has 2 amide bonds. The first-order valence-electron chi connectivity index (χ1n) is 7.00. The van der Waals surface area contributed by atoms with E-state index in [9.17, 15) is 14.0 Å². The van der Waals surface area contributed by atoms with Gasteiger partial charge in [-0.3, -0.25) is 9.69 Å². The van der Waals surface area contributed by atoms with E-state index in [1.54, 1.807) is 13.1 Å². The molecule has 1 aromatic carbocycles. The van der Waals surface area contributed by atoms with Gasteiger partial charge in [-0.15, -0.1) is 10.2 Å². The summed E-state index contributed by atoms with van der Waals surface area (Å²) in [6, 6.07) is 4.31. The highest BCUT2D eigenvalue weighted by molar-refractivity contribution is 7.13. The van der Waals surface area contributed by atoms with Crippen LogP contribution >= 0.6 is 11.3 Å². The Balaban J connectivity index is 1.76. The molecular weight excluding hydrogens is 337 g/mol. The maximum Gasteiger partial charge on any atom is 0.416 e. The quantitative estimate of drug-likeness (QED) is 0.908. The first-order chi connectivity index (χ1) is 11.5. The van der Waals surface area contributed by atoms with E-state index in [2.05, 4.69) is 15.5 Å². The topological polar surface area (TPSA) is 87.7 Å². The summed E-state index contributed by atoms with van der Waals surface area (Å²) in [7, 11) is 1.54. The summed E-state index contributed by atoms with van der Waals surface area (Å²) >= 11 is 1.24. The lowest BCUT2D eigenvalue weighted by molar-refractivity contribution is -0.134. The van der Waals surface area contributed by atoms with Crippen molar-refractivity contribution in [1.82, 2.24) is 15.1 Å². The van der Waals surface area contributed by atoms with Gasteiger partial charge in [0.2, 0.25) is 11.0 Å². The molecule has 0 unspecified atom stereocenters. The molecule has 10 heteroatoms. The Morgan fingerprint density at radius 1 is 1.54 bits per heavy atom. The van der Waals surface area contributed by atoms with Crippen LogP contribution in [0.5, 0.6) is 0 Å². The summed E-state index contributed by atoms with van der Waals surface area (Å²) in [4.78, 5) is 25.9. The van der Waals surface area contributed by atoms with E-state index in [0.29, 0.717) is 10.8 Å². The molecule has 1 fully saturated rings. The van der Waals surface area contributed by atoms with Crippen LogP contribution in [0.25, 0.3) is 0 Å². The molecule has 0 bridgehead atoms. The van der Waals surface area contributed by atoms with Crippen LogP contribution in [-0.2, 0) is 9.53 Å². The van der Waals surface area contributed by atoms with Crippen LogP contribution in [0.1, 0.15) is 6.92 Å². The van der Waals surface area contributed by atoms with Crippen molar-refractivity contribution >= 4 is 39.8 Å². The number of nitrogens with one attached hydrogen (secondary N) is 1. The Hall–Kier alpha value is -2.75. The average Bonchev–Trinajstić information content (AvgIpc) is 3.18. The number of aromatic nitrogens is 2. The minimum absolute atomic E-state index is 0.136. The Morgan fingerprint density at radius 3 is 2.96 bits per heavy atom. The van der Waals surface area contributed by atoms with Crippen LogP contribution in [0, 0.1) is 5.82 Å². The number of nitrogens with zero attached hydrogens (tertiary/aromatic N) is 4. The molecule has 1 aromatic heterocycles. The third-order valence-electron chi connectivity index (χ3n) is 3.59. The average molecular weight is 351 g/mol. The lowest BCUT2D eigenvalue weighted by Gasteiger charge is -2.20. The second-order valence-electron chi connectivity index (χ2n) is 5.11. The number of carbonyl (C=O) groups is 2. The zero-order valence-corrected chi connectivity index (χ0v) is 13.7. The van der Waals surface area contributed by atoms with Crippen LogP contribution in [0.2, 0.25) is 0 Å². The first kappa shape index (κ1) is 16.1. The number of rotatable bonds is 4. The molecule has 3 rings (SSSR count). The zero-order chi connectivity index (χ0) is 17.3. The van der Waals surface area contributed by atoms with Gasteiger partial charge >= 0.3 is 6.09 Å². The standard InChI is InChI=1S/C14H14FN5O3S/c1-8(21)19(2)12-6-20(14(22)23-12)9-3-4-11(10(15)5-9)17-13-18-16-7-24-13/h3-5,7,12H,6H2,1-2H3,(H,17,18)/t12-/m0/s1. The van der Waals surface area contributed by atoms with E-state index >= 15 is 0 Å². The number of hydrogen-bond donors (Lipinski definition) is 1. The molecule has 0 spiro atoms. The normalized spacial score (nSPS) is 16.9. The second-order valence-corrected chi connectivity index (χ2v) is 5.95. The smallest absolute Gasteiger partial charge is 0.416 e. The van der Waals surface area contributed by atoms with E-state index in [1.165, 1.54) is 45.7 Å². The van der Waals surface area contributed by atoms with E-state index in [-0.39, 0.29) is 18.1 Å². The van der Waals surface area contributed by atoms with Crippen LogP contribution in [0.4, 0.5) is 25.7 Å². The summed E-state index contributed by atoms with van der Waals surface area (Å²) in [6.07, 6.45) is -1.32. The van der Waals surface area contributed by atoms with E-state index in [0.717, 1.165) is 0 Å². The summed E-state index contributed by atoms with van der Waals surface area (Å²) in [5, 5.41) is 10.7. The predicted octanol–water partition coefficient (Wildman–Crippen LogP) is 2.18. The van der Waals surface area contributed by atoms with E-state index in [4.69, 9.17) is 4.74 Å². The molecule has 126 valence electrons. The van der Waals surface area contributed by atoms with Gasteiger partial charge in [0.1, 0.15) is 11.3 Å². The fourth-order valence-electron chi connectivity index (χ4n) is 2.18. The predicted molar refractivity (Wildman–Crippen MR) is 85.7 cm³/mol. The fourth-order valence-corrected chi connectivity index (χ4v) is 2.64. The van der Waals surface area contributed by atoms with Crippen LogP contribution in [0.15, 0.2) is 23.7 Å². The van der Waals surface area contributed by atoms with Crippen LogP contribution in [0.3, 0.4) is 0 Å². The first-order valence-corrected chi connectivity index (χ1v) is 7.88. The molecule has 24 heavy (non-hydrogen) atoms. The number of likely N-dealkylation sites (N-methyl/N-ethyl adjacent to an activating group) is 1. The van der Waals surface area contributed by atoms with Gasteiger partial charge < -0.3 is 15.0 Å². The molecule has 8 nitrogen and oxygen atoms in total. The van der Waals surface area contributed by atoms with Gasteiger partial charge in [0.05, 0.1) is 17.9 Å². The highest BCUT2D eigenvalue weighted by Gasteiger charge is 2.36. The van der Waals surface area contributed by atoms with Gasteiger partial charge in [-0.1, -0.05) is 11.3 Å². The lowest BCUT2D eigenvalue weighted by Crippen LogP contribution is -2.38.